The lowest BCUT2D eigenvalue weighted by Gasteiger charge is -2.25. The fraction of sp³-hybridized carbons (Fsp3) is 0.227. The second-order valence-electron chi connectivity index (χ2n) is 6.90. The van der Waals surface area contributed by atoms with Gasteiger partial charge in [0.1, 0.15) is 0 Å². The minimum absolute atomic E-state index is 0.118. The fourth-order valence-corrected chi connectivity index (χ4v) is 4.17. The number of benzene rings is 2. The summed E-state index contributed by atoms with van der Waals surface area (Å²) in [5.74, 6) is -0.328. The minimum Gasteiger partial charge on any atom is -0.378 e. The van der Waals surface area contributed by atoms with Gasteiger partial charge in [-0.15, -0.1) is 0 Å². The molecule has 0 spiro atoms. The number of hydrogen-bond donors (Lipinski definition) is 2. The van der Waals surface area contributed by atoms with Crippen molar-refractivity contribution in [3.05, 3.63) is 54.1 Å². The smallest absolute Gasteiger partial charge is 0.248 e. The van der Waals surface area contributed by atoms with Crippen molar-refractivity contribution in [2.75, 3.05) is 41.8 Å². The molecule has 4 rings (SSSR count). The molecule has 0 aliphatic carbocycles. The monoisotopic (exact) mass is 422 g/mol. The van der Waals surface area contributed by atoms with Crippen LogP contribution in [-0.4, -0.2) is 43.1 Å². The van der Waals surface area contributed by atoms with Crippen molar-refractivity contribution in [1.82, 2.24) is 4.98 Å². The lowest BCUT2D eigenvalue weighted by Crippen LogP contribution is -2.36. The van der Waals surface area contributed by atoms with Crippen LogP contribution in [0.15, 0.2) is 48.5 Å². The zero-order valence-corrected chi connectivity index (χ0v) is 17.4. The van der Waals surface area contributed by atoms with Gasteiger partial charge in [0.2, 0.25) is 11.8 Å². The van der Waals surface area contributed by atoms with E-state index < -0.39 is 0 Å². The van der Waals surface area contributed by atoms with Crippen LogP contribution in [0.3, 0.4) is 0 Å². The van der Waals surface area contributed by atoms with E-state index in [-0.39, 0.29) is 11.8 Å². The Morgan fingerprint density at radius 1 is 1.07 bits per heavy atom. The largest absolute Gasteiger partial charge is 0.378 e. The topological polar surface area (TPSA) is 83.6 Å². The van der Waals surface area contributed by atoms with E-state index in [2.05, 4.69) is 15.5 Å². The van der Waals surface area contributed by atoms with Gasteiger partial charge < -0.3 is 20.3 Å². The van der Waals surface area contributed by atoms with Crippen LogP contribution in [0.2, 0.25) is 0 Å². The van der Waals surface area contributed by atoms with Crippen molar-refractivity contribution in [1.29, 1.82) is 0 Å². The maximum Gasteiger partial charge on any atom is 0.248 e. The SMILES string of the molecule is CC(=O)Nc1ccc(/C=C/C(=O)Nc2ccc3nc(N4CCOCC4)sc3c2)cc1. The molecule has 0 unspecified atom stereocenters. The highest BCUT2D eigenvalue weighted by Gasteiger charge is 2.15. The molecule has 1 saturated heterocycles. The number of carbonyl (C=O) groups is 2. The molecule has 2 aromatic carbocycles. The highest BCUT2D eigenvalue weighted by Crippen LogP contribution is 2.31. The Morgan fingerprint density at radius 3 is 2.53 bits per heavy atom. The van der Waals surface area contributed by atoms with Crippen LogP contribution >= 0.6 is 11.3 Å². The number of hydrogen-bond acceptors (Lipinski definition) is 6. The van der Waals surface area contributed by atoms with Crippen molar-refractivity contribution in [3.63, 3.8) is 0 Å². The van der Waals surface area contributed by atoms with E-state index in [9.17, 15) is 9.59 Å². The molecular weight excluding hydrogens is 400 g/mol. The summed E-state index contributed by atoms with van der Waals surface area (Å²) in [6, 6.07) is 13.0. The summed E-state index contributed by atoms with van der Waals surface area (Å²) in [5, 5.41) is 6.59. The third-order valence-corrected chi connectivity index (χ3v) is 5.66. The Bertz CT molecular complexity index is 1090. The number of fused-ring (bicyclic) bond motifs is 1. The molecule has 1 aliphatic rings. The molecule has 0 radical (unpaired) electrons. The van der Waals surface area contributed by atoms with Gasteiger partial charge in [0.05, 0.1) is 23.4 Å². The number of nitrogens with zero attached hydrogens (tertiary/aromatic N) is 2. The normalized spacial score (nSPS) is 14.2. The Hall–Kier alpha value is -3.23. The van der Waals surface area contributed by atoms with E-state index in [4.69, 9.17) is 9.72 Å². The van der Waals surface area contributed by atoms with Gasteiger partial charge in [-0.3, -0.25) is 9.59 Å². The summed E-state index contributed by atoms with van der Waals surface area (Å²) < 4.78 is 6.43. The molecular formula is C22H22N4O3S. The van der Waals surface area contributed by atoms with Gasteiger partial charge >= 0.3 is 0 Å². The Kier molecular flexibility index (Phi) is 6.06. The van der Waals surface area contributed by atoms with Crippen LogP contribution in [0, 0.1) is 0 Å². The molecule has 2 N–H and O–H groups in total. The Morgan fingerprint density at radius 2 is 1.80 bits per heavy atom. The van der Waals surface area contributed by atoms with Crippen LogP contribution in [0.4, 0.5) is 16.5 Å². The summed E-state index contributed by atoms with van der Waals surface area (Å²) in [7, 11) is 0. The highest BCUT2D eigenvalue weighted by atomic mass is 32.1. The van der Waals surface area contributed by atoms with Crippen molar-refractivity contribution < 1.29 is 14.3 Å². The highest BCUT2D eigenvalue weighted by molar-refractivity contribution is 7.22. The van der Waals surface area contributed by atoms with Crippen molar-refractivity contribution >= 4 is 56.0 Å². The Balaban J connectivity index is 1.39. The molecule has 1 aliphatic heterocycles. The van der Waals surface area contributed by atoms with Crippen LogP contribution in [-0.2, 0) is 14.3 Å². The van der Waals surface area contributed by atoms with Gasteiger partial charge in [0.15, 0.2) is 5.13 Å². The van der Waals surface area contributed by atoms with Gasteiger partial charge in [0.25, 0.3) is 0 Å². The van der Waals surface area contributed by atoms with Crippen molar-refractivity contribution in [2.45, 2.75) is 6.92 Å². The van der Waals surface area contributed by atoms with E-state index in [1.807, 2.05) is 30.3 Å². The third-order valence-electron chi connectivity index (χ3n) is 4.58. The second kappa shape index (κ2) is 9.06. The first-order valence-corrected chi connectivity index (χ1v) is 10.5. The van der Waals surface area contributed by atoms with E-state index >= 15 is 0 Å². The summed E-state index contributed by atoms with van der Waals surface area (Å²) in [6.07, 6.45) is 3.22. The number of aromatic nitrogens is 1. The van der Waals surface area contributed by atoms with Crippen LogP contribution < -0.4 is 15.5 Å². The van der Waals surface area contributed by atoms with E-state index in [1.54, 1.807) is 29.5 Å². The molecule has 0 saturated carbocycles. The average Bonchev–Trinajstić information content (AvgIpc) is 3.17. The molecule has 3 aromatic rings. The summed E-state index contributed by atoms with van der Waals surface area (Å²) in [5.41, 5.74) is 3.25. The molecule has 0 atom stereocenters. The average molecular weight is 423 g/mol. The second-order valence-corrected chi connectivity index (χ2v) is 7.91. The lowest BCUT2D eigenvalue weighted by molar-refractivity contribution is -0.114. The zero-order chi connectivity index (χ0) is 20.9. The zero-order valence-electron chi connectivity index (χ0n) is 16.6. The van der Waals surface area contributed by atoms with Gasteiger partial charge in [-0.1, -0.05) is 23.5 Å². The Labute approximate surface area is 178 Å². The molecule has 7 nitrogen and oxygen atoms in total. The van der Waals surface area contributed by atoms with E-state index in [0.29, 0.717) is 0 Å². The van der Waals surface area contributed by atoms with Gasteiger partial charge in [0, 0.05) is 37.5 Å². The molecule has 30 heavy (non-hydrogen) atoms. The predicted molar refractivity (Wildman–Crippen MR) is 121 cm³/mol. The number of thiazole rings is 1. The van der Waals surface area contributed by atoms with Crippen molar-refractivity contribution in [2.24, 2.45) is 0 Å². The van der Waals surface area contributed by atoms with E-state index in [0.717, 1.165) is 58.6 Å². The summed E-state index contributed by atoms with van der Waals surface area (Å²) >= 11 is 1.62. The van der Waals surface area contributed by atoms with Gasteiger partial charge in [-0.2, -0.15) is 0 Å². The van der Waals surface area contributed by atoms with Crippen LogP contribution in [0.5, 0.6) is 0 Å². The number of anilines is 3. The molecule has 1 aromatic heterocycles. The number of rotatable bonds is 5. The minimum atomic E-state index is -0.210. The molecule has 2 heterocycles. The molecule has 1 fully saturated rings. The van der Waals surface area contributed by atoms with Crippen LogP contribution in [0.1, 0.15) is 12.5 Å². The molecule has 2 amide bonds. The molecule has 154 valence electrons. The third kappa shape index (κ3) is 5.03. The van der Waals surface area contributed by atoms with Crippen LogP contribution in [0.25, 0.3) is 16.3 Å². The first kappa shape index (κ1) is 20.1. The van der Waals surface area contributed by atoms with Gasteiger partial charge in [-0.05, 0) is 42.0 Å². The predicted octanol–water partition coefficient (Wildman–Crippen LogP) is 3.74. The standard InChI is InChI=1S/C22H22N4O3S/c1-15(27)23-17-5-2-16(3-6-17)4-9-21(28)24-18-7-8-19-20(14-18)30-22(25-19)26-10-12-29-13-11-26/h2-9,14H,10-13H2,1H3,(H,23,27)(H,24,28)/b9-4+. The van der Waals surface area contributed by atoms with Gasteiger partial charge in [-0.25, -0.2) is 4.98 Å². The first-order valence-electron chi connectivity index (χ1n) is 9.67. The molecule has 0 bridgehead atoms. The maximum atomic E-state index is 12.3. The number of carbonyl (C=O) groups excluding carboxylic acids is 2. The lowest BCUT2D eigenvalue weighted by atomic mass is 10.2. The van der Waals surface area contributed by atoms with Crippen molar-refractivity contribution in [3.8, 4) is 0 Å². The number of morpholine rings is 1. The number of amides is 2. The summed E-state index contributed by atoms with van der Waals surface area (Å²) in [6.45, 7) is 4.60. The molecule has 8 heteroatoms. The van der Waals surface area contributed by atoms with E-state index in [1.165, 1.54) is 13.0 Å². The first-order chi connectivity index (χ1) is 14.6. The number of ether oxygens (including phenoxy) is 1. The summed E-state index contributed by atoms with van der Waals surface area (Å²) in [4.78, 5) is 30.3. The fourth-order valence-electron chi connectivity index (χ4n) is 3.12. The quantitative estimate of drug-likeness (QED) is 0.612. The number of nitrogens with one attached hydrogen (secondary N) is 2. The maximum absolute atomic E-state index is 12.3.